The highest BCUT2D eigenvalue weighted by molar-refractivity contribution is 6.01. The van der Waals surface area contributed by atoms with E-state index in [0.29, 0.717) is 18.7 Å². The topological polar surface area (TPSA) is 73.5 Å². The number of carbonyl (C=O) groups excluding carboxylic acids is 2. The number of carbonyl (C=O) groups is 2. The number of amides is 3. The zero-order chi connectivity index (χ0) is 17.2. The van der Waals surface area contributed by atoms with Crippen LogP contribution in [-0.4, -0.2) is 50.1 Å². The van der Waals surface area contributed by atoms with Crippen molar-refractivity contribution in [3.8, 4) is 0 Å². The minimum atomic E-state index is -0.475. The molecule has 1 heterocycles. The minimum absolute atomic E-state index is 0. The molecule has 0 saturated carbocycles. The van der Waals surface area contributed by atoms with Crippen LogP contribution in [0.4, 0.5) is 10.5 Å². The maximum Gasteiger partial charge on any atom is 0.325 e. The summed E-state index contributed by atoms with van der Waals surface area (Å²) < 4.78 is 0. The average molecular weight is 369 g/mol. The number of imide groups is 1. The summed E-state index contributed by atoms with van der Waals surface area (Å²) >= 11 is 0. The first kappa shape index (κ1) is 21.4. The lowest BCUT2D eigenvalue weighted by Crippen LogP contribution is -2.39. The predicted octanol–water partition coefficient (Wildman–Crippen LogP) is 2.47. The molecule has 0 radical (unpaired) electrons. The van der Waals surface area contributed by atoms with E-state index in [2.05, 4.69) is 20.9 Å². The average Bonchev–Trinajstić information content (AvgIpc) is 2.60. The van der Waals surface area contributed by atoms with Crippen molar-refractivity contribution in [3.63, 3.8) is 0 Å². The van der Waals surface area contributed by atoms with Crippen LogP contribution in [0.2, 0.25) is 0 Å². The second kappa shape index (κ2) is 11.8. The van der Waals surface area contributed by atoms with E-state index < -0.39 is 6.03 Å². The molecule has 1 aromatic carbocycles. The molecule has 3 N–H and O–H groups in total. The number of piperidine rings is 1. The number of benzene rings is 1. The standard InChI is InChI=1S/C18H28N4O2.ClH/c1-19-11-7-15-8-12-22(13-9-15)14-10-17(23)21-18(24)20-16-5-3-2-4-6-16;/h2-6,15,19H,7-14H2,1H3,(H2,20,21,23,24);1H. The lowest BCUT2D eigenvalue weighted by Gasteiger charge is -2.31. The summed E-state index contributed by atoms with van der Waals surface area (Å²) in [6.45, 7) is 3.86. The van der Waals surface area contributed by atoms with Crippen molar-refractivity contribution in [1.82, 2.24) is 15.5 Å². The van der Waals surface area contributed by atoms with Crippen LogP contribution < -0.4 is 16.0 Å². The first-order valence-corrected chi connectivity index (χ1v) is 8.70. The van der Waals surface area contributed by atoms with E-state index in [1.54, 1.807) is 12.1 Å². The third kappa shape index (κ3) is 8.34. The van der Waals surface area contributed by atoms with Crippen molar-refractivity contribution < 1.29 is 9.59 Å². The van der Waals surface area contributed by atoms with Crippen LogP contribution in [0.25, 0.3) is 0 Å². The number of nitrogens with one attached hydrogen (secondary N) is 3. The van der Waals surface area contributed by atoms with Crippen LogP contribution in [-0.2, 0) is 4.79 Å². The van der Waals surface area contributed by atoms with Crippen LogP contribution in [0.1, 0.15) is 25.7 Å². The van der Waals surface area contributed by atoms with Gasteiger partial charge in [0, 0.05) is 18.7 Å². The lowest BCUT2D eigenvalue weighted by atomic mass is 9.93. The number of halogens is 1. The molecule has 0 atom stereocenters. The summed E-state index contributed by atoms with van der Waals surface area (Å²) in [5.41, 5.74) is 0.673. The minimum Gasteiger partial charge on any atom is -0.320 e. The van der Waals surface area contributed by atoms with E-state index in [1.165, 1.54) is 19.3 Å². The van der Waals surface area contributed by atoms with Crippen molar-refractivity contribution in [2.45, 2.75) is 25.7 Å². The van der Waals surface area contributed by atoms with Gasteiger partial charge >= 0.3 is 6.03 Å². The molecule has 6 nitrogen and oxygen atoms in total. The molecule has 0 unspecified atom stereocenters. The molecule has 2 rings (SSSR count). The fraction of sp³-hybridized carbons (Fsp3) is 0.556. The van der Waals surface area contributed by atoms with E-state index >= 15 is 0 Å². The maximum atomic E-state index is 11.9. The highest BCUT2D eigenvalue weighted by Crippen LogP contribution is 2.19. The van der Waals surface area contributed by atoms with Crippen molar-refractivity contribution >= 4 is 30.0 Å². The number of rotatable bonds is 7. The molecular formula is C18H29ClN4O2. The molecule has 0 aromatic heterocycles. The normalized spacial score (nSPS) is 15.2. The summed E-state index contributed by atoms with van der Waals surface area (Å²) in [5.74, 6) is 0.555. The third-order valence-electron chi connectivity index (χ3n) is 4.45. The zero-order valence-corrected chi connectivity index (χ0v) is 15.6. The Morgan fingerprint density at radius 1 is 1.16 bits per heavy atom. The highest BCUT2D eigenvalue weighted by Gasteiger charge is 2.19. The van der Waals surface area contributed by atoms with E-state index in [9.17, 15) is 9.59 Å². The number of hydrogen-bond donors (Lipinski definition) is 3. The van der Waals surface area contributed by atoms with Gasteiger partial charge in [-0.15, -0.1) is 12.4 Å². The first-order chi connectivity index (χ1) is 11.7. The van der Waals surface area contributed by atoms with Gasteiger partial charge in [0.05, 0.1) is 0 Å². The smallest absolute Gasteiger partial charge is 0.320 e. The van der Waals surface area contributed by atoms with Gasteiger partial charge in [0.25, 0.3) is 0 Å². The van der Waals surface area contributed by atoms with Crippen LogP contribution in [0, 0.1) is 5.92 Å². The van der Waals surface area contributed by atoms with Gasteiger partial charge in [-0.25, -0.2) is 4.79 Å². The Bertz CT molecular complexity index is 519. The second-order valence-corrected chi connectivity index (χ2v) is 6.30. The number of para-hydroxylation sites is 1. The Balaban J connectivity index is 0.00000312. The Kier molecular flexibility index (Phi) is 10.1. The van der Waals surface area contributed by atoms with Gasteiger partial charge in [-0.1, -0.05) is 18.2 Å². The summed E-state index contributed by atoms with van der Waals surface area (Å²) in [6, 6.07) is 8.62. The van der Waals surface area contributed by atoms with Gasteiger partial charge in [0.1, 0.15) is 0 Å². The molecule has 0 bridgehead atoms. The quantitative estimate of drug-likeness (QED) is 0.691. The van der Waals surface area contributed by atoms with Gasteiger partial charge < -0.3 is 15.5 Å². The van der Waals surface area contributed by atoms with Crippen molar-refractivity contribution in [1.29, 1.82) is 0 Å². The predicted molar refractivity (Wildman–Crippen MR) is 103 cm³/mol. The monoisotopic (exact) mass is 368 g/mol. The molecule has 1 aromatic rings. The Morgan fingerprint density at radius 2 is 1.84 bits per heavy atom. The number of anilines is 1. The zero-order valence-electron chi connectivity index (χ0n) is 14.8. The van der Waals surface area contributed by atoms with Crippen LogP contribution >= 0.6 is 12.4 Å². The molecule has 3 amide bonds. The molecule has 140 valence electrons. The van der Waals surface area contributed by atoms with Crippen molar-refractivity contribution in [3.05, 3.63) is 30.3 Å². The number of likely N-dealkylation sites (tertiary alicyclic amines) is 1. The molecule has 7 heteroatoms. The van der Waals surface area contributed by atoms with Gasteiger partial charge in [0.15, 0.2) is 0 Å². The number of nitrogens with zero attached hydrogens (tertiary/aromatic N) is 1. The SMILES string of the molecule is CNCCC1CCN(CCC(=O)NC(=O)Nc2ccccc2)CC1.Cl. The van der Waals surface area contributed by atoms with Gasteiger partial charge in [-0.3, -0.25) is 10.1 Å². The number of urea groups is 1. The summed E-state index contributed by atoms with van der Waals surface area (Å²) in [6.07, 6.45) is 3.96. The lowest BCUT2D eigenvalue weighted by molar-refractivity contribution is -0.120. The molecule has 0 aliphatic carbocycles. The van der Waals surface area contributed by atoms with Crippen LogP contribution in [0.15, 0.2) is 30.3 Å². The molecule has 0 spiro atoms. The van der Waals surface area contributed by atoms with E-state index in [-0.39, 0.29) is 18.3 Å². The van der Waals surface area contributed by atoms with E-state index in [1.807, 2.05) is 25.2 Å². The van der Waals surface area contributed by atoms with Gasteiger partial charge in [-0.2, -0.15) is 0 Å². The second-order valence-electron chi connectivity index (χ2n) is 6.30. The molecule has 1 saturated heterocycles. The molecule has 1 aliphatic heterocycles. The highest BCUT2D eigenvalue weighted by atomic mass is 35.5. The Morgan fingerprint density at radius 3 is 2.48 bits per heavy atom. The largest absolute Gasteiger partial charge is 0.325 e. The number of hydrogen-bond acceptors (Lipinski definition) is 4. The van der Waals surface area contributed by atoms with Crippen LogP contribution in [0.3, 0.4) is 0 Å². The van der Waals surface area contributed by atoms with Crippen molar-refractivity contribution in [2.75, 3.05) is 38.5 Å². The van der Waals surface area contributed by atoms with Crippen LogP contribution in [0.5, 0.6) is 0 Å². The van der Waals surface area contributed by atoms with E-state index in [0.717, 1.165) is 25.6 Å². The molecule has 25 heavy (non-hydrogen) atoms. The third-order valence-corrected chi connectivity index (χ3v) is 4.45. The summed E-state index contributed by atoms with van der Waals surface area (Å²) in [7, 11) is 1.99. The van der Waals surface area contributed by atoms with Crippen molar-refractivity contribution in [2.24, 2.45) is 5.92 Å². The Hall–Kier alpha value is -1.63. The van der Waals surface area contributed by atoms with E-state index in [4.69, 9.17) is 0 Å². The first-order valence-electron chi connectivity index (χ1n) is 8.70. The van der Waals surface area contributed by atoms with Gasteiger partial charge in [0.2, 0.25) is 5.91 Å². The fourth-order valence-electron chi connectivity index (χ4n) is 2.98. The summed E-state index contributed by atoms with van der Waals surface area (Å²) in [5, 5.41) is 8.22. The molecular weight excluding hydrogens is 340 g/mol. The summed E-state index contributed by atoms with van der Waals surface area (Å²) in [4.78, 5) is 25.9. The fourth-order valence-corrected chi connectivity index (χ4v) is 2.98. The molecule has 1 fully saturated rings. The Labute approximate surface area is 156 Å². The molecule has 1 aliphatic rings. The van der Waals surface area contributed by atoms with Gasteiger partial charge in [-0.05, 0) is 64.0 Å². The maximum absolute atomic E-state index is 11.9.